The Kier molecular flexibility index (Phi) is 5.56. The van der Waals surface area contributed by atoms with Crippen LogP contribution in [0, 0.1) is 5.82 Å². The van der Waals surface area contributed by atoms with Crippen LogP contribution < -0.4 is 4.74 Å². The summed E-state index contributed by atoms with van der Waals surface area (Å²) in [6, 6.07) is 13.0. The number of nitrogens with zero attached hydrogens (tertiary/aromatic N) is 1. The van der Waals surface area contributed by atoms with Crippen LogP contribution in [0.3, 0.4) is 0 Å². The summed E-state index contributed by atoms with van der Waals surface area (Å²) < 4.78 is 19.1. The van der Waals surface area contributed by atoms with Crippen LogP contribution >= 0.6 is 0 Å². The van der Waals surface area contributed by atoms with Crippen molar-refractivity contribution in [2.24, 2.45) is 0 Å². The van der Waals surface area contributed by atoms with Gasteiger partial charge in [0, 0.05) is 44.1 Å². The molecule has 0 bridgehead atoms. The second-order valence-electron chi connectivity index (χ2n) is 6.89. The van der Waals surface area contributed by atoms with Crippen molar-refractivity contribution >= 4 is 11.8 Å². The molecule has 2 aromatic rings. The van der Waals surface area contributed by atoms with Crippen molar-refractivity contribution in [3.05, 3.63) is 65.5 Å². The molecule has 0 saturated carbocycles. The molecule has 0 aliphatic carbocycles. The molecule has 1 fully saturated rings. The highest BCUT2D eigenvalue weighted by Crippen LogP contribution is 2.30. The second-order valence-corrected chi connectivity index (χ2v) is 6.89. The van der Waals surface area contributed by atoms with Gasteiger partial charge in [-0.25, -0.2) is 9.18 Å². The zero-order valence-corrected chi connectivity index (χ0v) is 15.2. The third-order valence-electron chi connectivity index (χ3n) is 4.93. The van der Waals surface area contributed by atoms with E-state index < -0.39 is 17.4 Å². The van der Waals surface area contributed by atoms with E-state index in [1.54, 1.807) is 18.2 Å². The molecule has 6 heteroatoms. The van der Waals surface area contributed by atoms with Crippen molar-refractivity contribution in [1.29, 1.82) is 0 Å². The van der Waals surface area contributed by atoms with Gasteiger partial charge in [0.05, 0.1) is 0 Å². The van der Waals surface area contributed by atoms with Crippen molar-refractivity contribution < 1.29 is 23.8 Å². The fourth-order valence-electron chi connectivity index (χ4n) is 3.29. The lowest BCUT2D eigenvalue weighted by molar-refractivity contribution is -0.159. The Morgan fingerprint density at radius 2 is 1.81 bits per heavy atom. The van der Waals surface area contributed by atoms with Crippen LogP contribution in [0.4, 0.5) is 4.39 Å². The van der Waals surface area contributed by atoms with Gasteiger partial charge < -0.3 is 9.84 Å². The molecule has 0 aromatic heterocycles. The van der Waals surface area contributed by atoms with Gasteiger partial charge >= 0.3 is 5.97 Å². The monoisotopic (exact) mass is 371 g/mol. The first kappa shape index (κ1) is 19.0. The number of hydrogen-bond acceptors (Lipinski definition) is 4. The average Bonchev–Trinajstić information content (AvgIpc) is 2.64. The maximum atomic E-state index is 13.4. The molecule has 3 rings (SSSR count). The summed E-state index contributed by atoms with van der Waals surface area (Å²) in [6.45, 7) is 3.31. The number of aliphatic carboxylic acids is 1. The zero-order chi connectivity index (χ0) is 19.4. The second kappa shape index (κ2) is 7.88. The van der Waals surface area contributed by atoms with Crippen LogP contribution in [0.2, 0.25) is 0 Å². The molecule has 1 aliphatic heterocycles. The molecular weight excluding hydrogens is 349 g/mol. The van der Waals surface area contributed by atoms with E-state index in [0.29, 0.717) is 38.0 Å². The highest BCUT2D eigenvalue weighted by molar-refractivity contribution is 5.94. The van der Waals surface area contributed by atoms with Gasteiger partial charge in [-0.2, -0.15) is 0 Å². The Labute approximate surface area is 157 Å². The predicted octanol–water partition coefficient (Wildman–Crippen LogP) is 3.53. The van der Waals surface area contributed by atoms with Gasteiger partial charge in [0.1, 0.15) is 11.6 Å². The molecule has 0 atom stereocenters. The number of piperidine rings is 1. The van der Waals surface area contributed by atoms with Gasteiger partial charge in [0.15, 0.2) is 5.78 Å². The number of likely N-dealkylation sites (tertiary alicyclic amines) is 1. The Morgan fingerprint density at radius 1 is 1.15 bits per heavy atom. The van der Waals surface area contributed by atoms with Crippen LogP contribution in [-0.2, 0) is 11.3 Å². The molecule has 27 heavy (non-hydrogen) atoms. The maximum absolute atomic E-state index is 13.4. The lowest BCUT2D eigenvalue weighted by Crippen LogP contribution is -2.53. The van der Waals surface area contributed by atoms with Crippen LogP contribution in [0.25, 0.3) is 0 Å². The molecule has 1 heterocycles. The average molecular weight is 371 g/mol. The van der Waals surface area contributed by atoms with Gasteiger partial charge in [-0.05, 0) is 24.6 Å². The van der Waals surface area contributed by atoms with Gasteiger partial charge in [-0.1, -0.05) is 30.3 Å². The lowest BCUT2D eigenvalue weighted by Gasteiger charge is -2.38. The van der Waals surface area contributed by atoms with E-state index in [1.165, 1.54) is 25.1 Å². The van der Waals surface area contributed by atoms with E-state index in [2.05, 4.69) is 4.90 Å². The molecule has 1 aliphatic rings. The summed E-state index contributed by atoms with van der Waals surface area (Å²) in [5, 5.41) is 9.71. The number of hydrogen-bond donors (Lipinski definition) is 1. The van der Waals surface area contributed by atoms with E-state index in [9.17, 15) is 19.1 Å². The van der Waals surface area contributed by atoms with E-state index in [4.69, 9.17) is 4.74 Å². The summed E-state index contributed by atoms with van der Waals surface area (Å²) in [5.41, 5.74) is 0.391. The smallest absolute Gasteiger partial charge is 0.348 e. The van der Waals surface area contributed by atoms with Crippen molar-refractivity contribution in [1.82, 2.24) is 4.90 Å². The number of carbonyl (C=O) groups excluding carboxylic acids is 1. The Morgan fingerprint density at radius 3 is 2.37 bits per heavy atom. The lowest BCUT2D eigenvalue weighted by atomic mass is 9.90. The first-order valence-electron chi connectivity index (χ1n) is 8.88. The molecule has 0 spiro atoms. The van der Waals surface area contributed by atoms with Crippen LogP contribution in [-0.4, -0.2) is 40.4 Å². The number of ether oxygens (including phenoxy) is 1. The summed E-state index contributed by atoms with van der Waals surface area (Å²) >= 11 is 0. The van der Waals surface area contributed by atoms with E-state index in [0.717, 1.165) is 5.56 Å². The SMILES string of the molecule is CC(=O)c1ccc(CN2CCC(Oc3cccc(F)c3)(C(=O)O)CC2)cc1. The van der Waals surface area contributed by atoms with Crippen molar-refractivity contribution in [3.63, 3.8) is 0 Å². The molecule has 2 aromatic carbocycles. The minimum atomic E-state index is -1.34. The van der Waals surface area contributed by atoms with Gasteiger partial charge in [-0.3, -0.25) is 9.69 Å². The fourth-order valence-corrected chi connectivity index (χ4v) is 3.29. The maximum Gasteiger partial charge on any atom is 0.348 e. The Bertz CT molecular complexity index is 826. The van der Waals surface area contributed by atoms with E-state index in [-0.39, 0.29) is 11.5 Å². The van der Waals surface area contributed by atoms with Crippen molar-refractivity contribution in [3.8, 4) is 5.75 Å². The minimum Gasteiger partial charge on any atom is -0.478 e. The molecule has 1 saturated heterocycles. The number of carboxylic acid groups (broad SMARTS) is 1. The molecule has 0 amide bonds. The first-order chi connectivity index (χ1) is 12.9. The van der Waals surface area contributed by atoms with Gasteiger partial charge in [0.2, 0.25) is 5.60 Å². The third-order valence-corrected chi connectivity index (χ3v) is 4.93. The number of carboxylic acids is 1. The Hall–Kier alpha value is -2.73. The number of rotatable bonds is 6. The summed E-state index contributed by atoms with van der Waals surface area (Å²) in [5.74, 6) is -1.23. The highest BCUT2D eigenvalue weighted by atomic mass is 19.1. The van der Waals surface area contributed by atoms with E-state index >= 15 is 0 Å². The number of benzene rings is 2. The van der Waals surface area contributed by atoms with E-state index in [1.807, 2.05) is 12.1 Å². The zero-order valence-electron chi connectivity index (χ0n) is 15.2. The molecule has 0 unspecified atom stereocenters. The molecule has 1 N–H and O–H groups in total. The number of ketones is 1. The predicted molar refractivity (Wildman–Crippen MR) is 98.4 cm³/mol. The molecular formula is C21H22FNO4. The molecule has 0 radical (unpaired) electrons. The standard InChI is InChI=1S/C21H22FNO4/c1-15(24)17-7-5-16(6-8-17)14-23-11-9-21(10-12-23,20(25)26)27-19-4-2-3-18(22)13-19/h2-8,13H,9-12,14H2,1H3,(H,25,26). The summed E-state index contributed by atoms with van der Waals surface area (Å²) in [6.07, 6.45) is 0.620. The molecule has 5 nitrogen and oxygen atoms in total. The van der Waals surface area contributed by atoms with Crippen LogP contribution in [0.1, 0.15) is 35.7 Å². The summed E-state index contributed by atoms with van der Waals surface area (Å²) in [7, 11) is 0. The van der Waals surface area contributed by atoms with Crippen LogP contribution in [0.15, 0.2) is 48.5 Å². The largest absolute Gasteiger partial charge is 0.478 e. The number of halogens is 1. The highest BCUT2D eigenvalue weighted by Gasteiger charge is 2.44. The van der Waals surface area contributed by atoms with Crippen LogP contribution in [0.5, 0.6) is 5.75 Å². The normalized spacial score (nSPS) is 16.7. The topological polar surface area (TPSA) is 66.8 Å². The Balaban J connectivity index is 1.64. The number of carbonyl (C=O) groups is 2. The summed E-state index contributed by atoms with van der Waals surface area (Å²) in [4.78, 5) is 25.4. The minimum absolute atomic E-state index is 0.0280. The van der Waals surface area contributed by atoms with Crippen molar-refractivity contribution in [2.45, 2.75) is 31.9 Å². The third kappa shape index (κ3) is 4.52. The molecule has 142 valence electrons. The quantitative estimate of drug-likeness (QED) is 0.787. The van der Waals surface area contributed by atoms with Gasteiger partial charge in [0.25, 0.3) is 0 Å². The van der Waals surface area contributed by atoms with Crippen molar-refractivity contribution in [2.75, 3.05) is 13.1 Å². The first-order valence-corrected chi connectivity index (χ1v) is 8.88. The number of Topliss-reactive ketones (excluding diaryl/α,β-unsaturated/α-hetero) is 1. The fraction of sp³-hybridized carbons (Fsp3) is 0.333. The van der Waals surface area contributed by atoms with Gasteiger partial charge in [-0.15, -0.1) is 0 Å².